The van der Waals surface area contributed by atoms with Crippen molar-refractivity contribution in [3.8, 4) is 0 Å². The Bertz CT molecular complexity index is 420. The Kier molecular flexibility index (Phi) is 48.2. The summed E-state index contributed by atoms with van der Waals surface area (Å²) in [5.74, 6) is -1.81. The molecule has 0 radical (unpaired) electrons. The van der Waals surface area contributed by atoms with Crippen LogP contribution in [0.1, 0.15) is 181 Å². The number of carboxylic acid groups (broad SMARTS) is 2. The van der Waals surface area contributed by atoms with Crippen LogP contribution in [0.5, 0.6) is 0 Å². The summed E-state index contributed by atoms with van der Waals surface area (Å²) in [6.07, 6.45) is 31.0. The van der Waals surface area contributed by atoms with Gasteiger partial charge in [-0.05, 0) is 25.7 Å². The van der Waals surface area contributed by atoms with Gasteiger partial charge in [0.15, 0.2) is 0 Å². The van der Waals surface area contributed by atoms with Gasteiger partial charge in [-0.15, -0.1) is 0 Å². The van der Waals surface area contributed by atoms with Gasteiger partial charge in [-0.1, -0.05) is 155 Å². The molecule has 0 aliphatic rings. The Labute approximate surface area is 256 Å². The summed E-state index contributed by atoms with van der Waals surface area (Å²) >= 11 is 0. The second kappa shape index (κ2) is 39.9. The SMILES string of the molecule is CCCCCCCCCCCCCC(=O)[O-].CCCCCCCCCCCCCCCC(=O)[O-].[Ag+].[Ag+]. The summed E-state index contributed by atoms with van der Waals surface area (Å²) in [7, 11) is 0. The molecule has 0 aliphatic heterocycles. The average molecular weight is 699 g/mol. The third-order valence-corrected chi connectivity index (χ3v) is 6.47. The van der Waals surface area contributed by atoms with E-state index in [4.69, 9.17) is 0 Å². The molecule has 0 saturated carbocycles. The summed E-state index contributed by atoms with van der Waals surface area (Å²) in [5.41, 5.74) is 0. The van der Waals surface area contributed by atoms with Crippen molar-refractivity contribution in [2.45, 2.75) is 181 Å². The van der Waals surface area contributed by atoms with Gasteiger partial charge >= 0.3 is 44.8 Å². The minimum absolute atomic E-state index is 0. The Balaban J connectivity index is -0.000000271. The van der Waals surface area contributed by atoms with Gasteiger partial charge in [0.2, 0.25) is 0 Å². The Hall–Kier alpha value is 0.421. The molecule has 224 valence electrons. The Morgan fingerprint density at radius 1 is 0.361 bits per heavy atom. The molecule has 0 bridgehead atoms. The molecule has 0 aromatic carbocycles. The molecule has 0 aliphatic carbocycles. The van der Waals surface area contributed by atoms with Gasteiger partial charge in [-0.25, -0.2) is 0 Å². The van der Waals surface area contributed by atoms with Crippen molar-refractivity contribution < 1.29 is 64.6 Å². The monoisotopic (exact) mass is 696 g/mol. The van der Waals surface area contributed by atoms with Gasteiger partial charge in [0.1, 0.15) is 0 Å². The Morgan fingerprint density at radius 2 is 0.528 bits per heavy atom. The number of carboxylic acids is 2. The first-order valence-electron chi connectivity index (χ1n) is 14.9. The number of carbonyl (C=O) groups is 2. The average Bonchev–Trinajstić information content (AvgIpc) is 2.80. The number of hydrogen-bond donors (Lipinski definition) is 0. The molecule has 0 aromatic heterocycles. The van der Waals surface area contributed by atoms with Crippen molar-refractivity contribution in [3.05, 3.63) is 0 Å². The molecule has 0 atom stereocenters. The summed E-state index contributed by atoms with van der Waals surface area (Å²) in [6.45, 7) is 4.50. The maximum absolute atomic E-state index is 10.2. The molecule has 36 heavy (non-hydrogen) atoms. The zero-order valence-electron chi connectivity index (χ0n) is 23.6. The van der Waals surface area contributed by atoms with Crippen LogP contribution in [0.2, 0.25) is 0 Å². The molecular weight excluding hydrogens is 640 g/mol. The van der Waals surface area contributed by atoms with Crippen LogP contribution in [-0.2, 0) is 54.3 Å². The molecule has 0 saturated heterocycles. The van der Waals surface area contributed by atoms with E-state index >= 15 is 0 Å². The predicted molar refractivity (Wildman–Crippen MR) is 141 cm³/mol. The van der Waals surface area contributed by atoms with Crippen LogP contribution < -0.4 is 10.2 Å². The summed E-state index contributed by atoms with van der Waals surface area (Å²) in [6, 6.07) is 0. The summed E-state index contributed by atoms with van der Waals surface area (Å²) in [4.78, 5) is 20.3. The maximum atomic E-state index is 10.2. The molecule has 0 amide bonds. The standard InChI is InChI=1S/C16H32O2.C14H28O2.2Ag/c1-2-3-4-5-6-7-8-9-10-11-12-13-14-15-16(17)18;1-2-3-4-5-6-7-8-9-10-11-12-13-14(15)16;;/h2-15H2,1H3,(H,17,18);2-13H2,1H3,(H,15,16);;/q;;2*+1/p-2. The number of rotatable bonds is 26. The van der Waals surface area contributed by atoms with Crippen molar-refractivity contribution in [1.82, 2.24) is 0 Å². The van der Waals surface area contributed by atoms with E-state index in [1.165, 1.54) is 128 Å². The molecule has 0 rings (SSSR count). The molecule has 0 fully saturated rings. The van der Waals surface area contributed by atoms with E-state index in [0.29, 0.717) is 0 Å². The van der Waals surface area contributed by atoms with Crippen LogP contribution >= 0.6 is 0 Å². The van der Waals surface area contributed by atoms with Crippen LogP contribution in [0.4, 0.5) is 0 Å². The van der Waals surface area contributed by atoms with E-state index in [0.717, 1.165) is 25.7 Å². The van der Waals surface area contributed by atoms with Crippen molar-refractivity contribution in [3.63, 3.8) is 0 Å². The molecule has 4 nitrogen and oxygen atoms in total. The van der Waals surface area contributed by atoms with Crippen molar-refractivity contribution in [1.29, 1.82) is 0 Å². The van der Waals surface area contributed by atoms with E-state index < -0.39 is 11.9 Å². The van der Waals surface area contributed by atoms with E-state index in [-0.39, 0.29) is 57.6 Å². The van der Waals surface area contributed by atoms with Gasteiger partial charge < -0.3 is 19.8 Å². The second-order valence-corrected chi connectivity index (χ2v) is 10.0. The Morgan fingerprint density at radius 3 is 0.694 bits per heavy atom. The van der Waals surface area contributed by atoms with E-state index in [1.807, 2.05) is 0 Å². The van der Waals surface area contributed by atoms with Crippen LogP contribution in [0.3, 0.4) is 0 Å². The maximum Gasteiger partial charge on any atom is 1.00 e. The fraction of sp³-hybridized carbons (Fsp3) is 0.933. The van der Waals surface area contributed by atoms with Gasteiger partial charge in [0, 0.05) is 11.9 Å². The number of hydrogen-bond acceptors (Lipinski definition) is 4. The minimum atomic E-state index is -0.907. The van der Waals surface area contributed by atoms with Crippen LogP contribution in [0.25, 0.3) is 0 Å². The summed E-state index contributed by atoms with van der Waals surface area (Å²) in [5, 5.41) is 20.3. The topological polar surface area (TPSA) is 80.3 Å². The van der Waals surface area contributed by atoms with Gasteiger partial charge in [0.05, 0.1) is 0 Å². The predicted octanol–water partition coefficient (Wildman–Crippen LogP) is 7.65. The third-order valence-electron chi connectivity index (χ3n) is 6.47. The quantitative estimate of drug-likeness (QED) is 0.0687. The van der Waals surface area contributed by atoms with Crippen molar-refractivity contribution in [2.24, 2.45) is 0 Å². The van der Waals surface area contributed by atoms with Crippen molar-refractivity contribution >= 4 is 11.9 Å². The molecular formula is C30H58Ag2O4. The van der Waals surface area contributed by atoms with Crippen LogP contribution in [0, 0.1) is 0 Å². The molecule has 0 heterocycles. The zero-order valence-corrected chi connectivity index (χ0v) is 26.6. The van der Waals surface area contributed by atoms with Crippen LogP contribution in [-0.4, -0.2) is 11.9 Å². The molecule has 0 unspecified atom stereocenters. The van der Waals surface area contributed by atoms with Gasteiger partial charge in [-0.3, -0.25) is 0 Å². The van der Waals surface area contributed by atoms with Gasteiger partial charge in [-0.2, -0.15) is 0 Å². The smallest absolute Gasteiger partial charge is 0.550 e. The molecule has 0 N–H and O–H groups in total. The normalized spacial score (nSPS) is 10.1. The largest absolute Gasteiger partial charge is 1.00 e. The van der Waals surface area contributed by atoms with Crippen molar-refractivity contribution in [2.75, 3.05) is 0 Å². The second-order valence-electron chi connectivity index (χ2n) is 10.0. The van der Waals surface area contributed by atoms with Crippen LogP contribution in [0.15, 0.2) is 0 Å². The first-order valence-corrected chi connectivity index (χ1v) is 14.9. The van der Waals surface area contributed by atoms with E-state index in [1.54, 1.807) is 0 Å². The van der Waals surface area contributed by atoms with E-state index in [9.17, 15) is 19.8 Å². The van der Waals surface area contributed by atoms with E-state index in [2.05, 4.69) is 13.8 Å². The molecule has 0 aromatic rings. The van der Waals surface area contributed by atoms with Gasteiger partial charge in [0.25, 0.3) is 0 Å². The molecule has 0 spiro atoms. The number of aliphatic carboxylic acids is 2. The minimum Gasteiger partial charge on any atom is -0.550 e. The first-order chi connectivity index (χ1) is 16.5. The summed E-state index contributed by atoms with van der Waals surface area (Å²) < 4.78 is 0. The number of unbranched alkanes of at least 4 members (excludes halogenated alkanes) is 22. The first kappa shape index (κ1) is 43.5. The zero-order chi connectivity index (χ0) is 25.5. The third kappa shape index (κ3) is 47.6. The molecule has 6 heteroatoms. The fourth-order valence-corrected chi connectivity index (χ4v) is 4.22. The number of carbonyl (C=O) groups excluding carboxylic acids is 2. The fourth-order valence-electron chi connectivity index (χ4n) is 4.22.